The number of nitrogens with zero attached hydrogens (tertiary/aromatic N) is 2. The van der Waals surface area contributed by atoms with Crippen LogP contribution >= 0.6 is 22.6 Å². The maximum atomic E-state index is 3.98. The first-order valence-electron chi connectivity index (χ1n) is 2.58. The third-order valence-electron chi connectivity index (χ3n) is 0.913. The second-order valence-electron chi connectivity index (χ2n) is 1.76. The van der Waals surface area contributed by atoms with E-state index in [2.05, 4.69) is 27.6 Å². The summed E-state index contributed by atoms with van der Waals surface area (Å²) in [4.78, 5) is 5.95. The van der Waals surface area contributed by atoms with Crippen molar-refractivity contribution < 1.29 is 0 Å². The lowest BCUT2D eigenvalue weighted by molar-refractivity contribution is 0.626. The average Bonchev–Trinajstić information content (AvgIpc) is 1.93. The van der Waals surface area contributed by atoms with Gasteiger partial charge in [0.25, 0.3) is 0 Å². The molecule has 0 bridgehead atoms. The van der Waals surface area contributed by atoms with Gasteiger partial charge in [-0.3, -0.25) is 4.99 Å². The molecule has 48 valence electrons. The van der Waals surface area contributed by atoms with E-state index in [1.165, 1.54) is 0 Å². The van der Waals surface area contributed by atoms with Crippen molar-refractivity contribution in [1.29, 1.82) is 0 Å². The first-order chi connectivity index (χ1) is 4.29. The van der Waals surface area contributed by atoms with E-state index in [0.29, 0.717) is 0 Å². The number of hydrogen-bond donors (Lipinski definition) is 0. The molecule has 0 fully saturated rings. The van der Waals surface area contributed by atoms with E-state index < -0.39 is 0 Å². The van der Waals surface area contributed by atoms with Crippen molar-refractivity contribution in [2.45, 2.75) is 0 Å². The quantitative estimate of drug-likeness (QED) is 0.583. The summed E-state index contributed by atoms with van der Waals surface area (Å²) < 4.78 is 1.14. The van der Waals surface area contributed by atoms with Crippen molar-refractivity contribution in [2.24, 2.45) is 4.99 Å². The smallest absolute Gasteiger partial charge is 0.0475 e. The van der Waals surface area contributed by atoms with Crippen LogP contribution in [0.1, 0.15) is 0 Å². The lowest BCUT2D eigenvalue weighted by atomic mass is 10.6. The van der Waals surface area contributed by atoms with Crippen LogP contribution in [-0.2, 0) is 0 Å². The van der Waals surface area contributed by atoms with Crippen LogP contribution < -0.4 is 0 Å². The summed E-state index contributed by atoms with van der Waals surface area (Å²) in [6.07, 6.45) is 7.50. The van der Waals surface area contributed by atoms with Gasteiger partial charge in [-0.25, -0.2) is 0 Å². The highest BCUT2D eigenvalue weighted by Crippen LogP contribution is 2.06. The Morgan fingerprint density at radius 3 is 3.22 bits per heavy atom. The van der Waals surface area contributed by atoms with E-state index in [1.807, 2.05) is 30.6 Å². The first-order valence-corrected chi connectivity index (χ1v) is 3.66. The maximum absolute atomic E-state index is 3.98. The third kappa shape index (κ3) is 2.17. The summed E-state index contributed by atoms with van der Waals surface area (Å²) in [5, 5.41) is 0. The summed E-state index contributed by atoms with van der Waals surface area (Å²) in [7, 11) is 1.98. The van der Waals surface area contributed by atoms with Crippen molar-refractivity contribution in [3.8, 4) is 0 Å². The topological polar surface area (TPSA) is 15.6 Å². The van der Waals surface area contributed by atoms with Crippen LogP contribution in [0.4, 0.5) is 0 Å². The predicted octanol–water partition coefficient (Wildman–Crippen LogP) is 1.75. The second-order valence-corrected chi connectivity index (χ2v) is 3.00. The molecular formula is C6H7IN2. The summed E-state index contributed by atoms with van der Waals surface area (Å²) >= 11 is 2.23. The predicted molar refractivity (Wildman–Crippen MR) is 47.5 cm³/mol. The third-order valence-corrected chi connectivity index (χ3v) is 1.47. The lowest BCUT2D eigenvalue weighted by Crippen LogP contribution is -1.98. The van der Waals surface area contributed by atoms with Crippen molar-refractivity contribution in [3.05, 3.63) is 22.2 Å². The minimum absolute atomic E-state index is 1.14. The van der Waals surface area contributed by atoms with Gasteiger partial charge in [0.1, 0.15) is 0 Å². The molecule has 1 aliphatic rings. The molecule has 0 spiro atoms. The van der Waals surface area contributed by atoms with E-state index in [1.54, 1.807) is 6.20 Å². The van der Waals surface area contributed by atoms with Crippen molar-refractivity contribution >= 4 is 28.8 Å². The van der Waals surface area contributed by atoms with Gasteiger partial charge in [0.05, 0.1) is 0 Å². The highest BCUT2D eigenvalue weighted by molar-refractivity contribution is 14.1. The van der Waals surface area contributed by atoms with Gasteiger partial charge in [-0.15, -0.1) is 0 Å². The lowest BCUT2D eigenvalue weighted by Gasteiger charge is -2.03. The second kappa shape index (κ2) is 3.00. The average molecular weight is 234 g/mol. The zero-order valence-electron chi connectivity index (χ0n) is 5.08. The summed E-state index contributed by atoms with van der Waals surface area (Å²) in [6.45, 7) is 0. The molecule has 0 aromatic heterocycles. The van der Waals surface area contributed by atoms with Crippen LogP contribution in [0.2, 0.25) is 0 Å². The molecule has 3 heteroatoms. The van der Waals surface area contributed by atoms with Crippen LogP contribution in [0.15, 0.2) is 27.2 Å². The molecule has 1 heterocycles. The standard InChI is InChI=1S/C6H7IN2/c1-9-3-2-8-4-6(7)5-9/h2-5H,1H3. The summed E-state index contributed by atoms with van der Waals surface area (Å²) in [5.41, 5.74) is 0. The SMILES string of the molecule is CN1C=CN=CC(I)=C1. The monoisotopic (exact) mass is 234 g/mol. The van der Waals surface area contributed by atoms with Crippen LogP contribution in [-0.4, -0.2) is 18.2 Å². The maximum Gasteiger partial charge on any atom is 0.0475 e. The molecule has 1 rings (SSSR count). The molecule has 9 heavy (non-hydrogen) atoms. The first kappa shape index (κ1) is 6.80. The molecule has 0 aromatic rings. The van der Waals surface area contributed by atoms with Gasteiger partial charge in [0.15, 0.2) is 0 Å². The molecule has 2 nitrogen and oxygen atoms in total. The molecule has 0 saturated carbocycles. The van der Waals surface area contributed by atoms with Gasteiger partial charge in [0, 0.05) is 35.4 Å². The molecular weight excluding hydrogens is 227 g/mol. The Morgan fingerprint density at radius 2 is 2.44 bits per heavy atom. The van der Waals surface area contributed by atoms with E-state index >= 15 is 0 Å². The molecule has 0 unspecified atom stereocenters. The van der Waals surface area contributed by atoms with E-state index in [9.17, 15) is 0 Å². The molecule has 0 saturated heterocycles. The van der Waals surface area contributed by atoms with Crippen molar-refractivity contribution in [2.75, 3.05) is 7.05 Å². The van der Waals surface area contributed by atoms with E-state index in [-0.39, 0.29) is 0 Å². The van der Waals surface area contributed by atoms with E-state index in [4.69, 9.17) is 0 Å². The Balaban J connectivity index is 2.77. The minimum atomic E-state index is 1.14. The normalized spacial score (nSPS) is 17.6. The highest BCUT2D eigenvalue weighted by atomic mass is 127. The largest absolute Gasteiger partial charge is 0.355 e. The fourth-order valence-electron chi connectivity index (χ4n) is 0.529. The van der Waals surface area contributed by atoms with Gasteiger partial charge < -0.3 is 4.90 Å². The zero-order valence-corrected chi connectivity index (χ0v) is 7.24. The summed E-state index contributed by atoms with van der Waals surface area (Å²) in [5.74, 6) is 0. The fraction of sp³-hybridized carbons (Fsp3) is 0.167. The van der Waals surface area contributed by atoms with Gasteiger partial charge in [0.2, 0.25) is 0 Å². The number of halogens is 1. The number of aliphatic imine (C=N–C) groups is 1. The Hall–Kier alpha value is -0.320. The van der Waals surface area contributed by atoms with Crippen LogP contribution in [0.3, 0.4) is 0 Å². The Bertz CT molecular complexity index is 181. The van der Waals surface area contributed by atoms with Crippen LogP contribution in [0.25, 0.3) is 0 Å². The Labute approximate surface area is 68.1 Å². The number of hydrogen-bond acceptors (Lipinski definition) is 2. The summed E-state index contributed by atoms with van der Waals surface area (Å²) in [6, 6.07) is 0. The molecule has 0 aliphatic carbocycles. The van der Waals surface area contributed by atoms with Crippen molar-refractivity contribution in [1.82, 2.24) is 4.90 Å². The van der Waals surface area contributed by atoms with Gasteiger partial charge in [-0.2, -0.15) is 0 Å². The molecule has 1 aliphatic heterocycles. The molecule has 0 radical (unpaired) electrons. The Morgan fingerprint density at radius 1 is 1.67 bits per heavy atom. The number of allylic oxidation sites excluding steroid dienone is 1. The fourth-order valence-corrected chi connectivity index (χ4v) is 1.13. The van der Waals surface area contributed by atoms with Gasteiger partial charge in [-0.05, 0) is 22.6 Å². The van der Waals surface area contributed by atoms with E-state index in [0.717, 1.165) is 3.58 Å². The zero-order chi connectivity index (χ0) is 6.69. The van der Waals surface area contributed by atoms with Crippen molar-refractivity contribution in [3.63, 3.8) is 0 Å². The molecule has 0 atom stereocenters. The number of rotatable bonds is 0. The van der Waals surface area contributed by atoms with Gasteiger partial charge >= 0.3 is 0 Å². The minimum Gasteiger partial charge on any atom is -0.355 e. The molecule has 0 N–H and O–H groups in total. The van der Waals surface area contributed by atoms with Gasteiger partial charge in [-0.1, -0.05) is 0 Å². The Kier molecular flexibility index (Phi) is 2.27. The van der Waals surface area contributed by atoms with Crippen LogP contribution in [0.5, 0.6) is 0 Å². The molecule has 0 aromatic carbocycles. The highest BCUT2D eigenvalue weighted by Gasteiger charge is 1.90. The van der Waals surface area contributed by atoms with Crippen LogP contribution in [0, 0.1) is 0 Å². The molecule has 0 amide bonds.